The molecule has 0 aliphatic carbocycles. The van der Waals surface area contributed by atoms with Crippen LogP contribution in [-0.4, -0.2) is 29.4 Å². The van der Waals surface area contributed by atoms with Crippen molar-refractivity contribution in [3.63, 3.8) is 0 Å². The first-order valence-electron chi connectivity index (χ1n) is 5.89. The summed E-state index contributed by atoms with van der Waals surface area (Å²) in [5, 5.41) is 13.3. The fourth-order valence-corrected chi connectivity index (χ4v) is 1.71. The zero-order chi connectivity index (χ0) is 15.3. The van der Waals surface area contributed by atoms with E-state index in [1.807, 2.05) is 0 Å². The molecule has 7 heteroatoms. The molecule has 0 aliphatic rings. The Morgan fingerprint density at radius 2 is 1.95 bits per heavy atom. The number of nitrogens with zero attached hydrogens (tertiary/aromatic N) is 1. The van der Waals surface area contributed by atoms with Crippen molar-refractivity contribution < 1.29 is 19.2 Å². The molecule has 1 amide bonds. The molecule has 108 valence electrons. The van der Waals surface area contributed by atoms with E-state index in [2.05, 4.69) is 10.1 Å². The van der Waals surface area contributed by atoms with Crippen molar-refractivity contribution in [1.29, 1.82) is 0 Å². The lowest BCUT2D eigenvalue weighted by molar-refractivity contribution is -0.385. The summed E-state index contributed by atoms with van der Waals surface area (Å²) in [7, 11) is 1.22. The third-order valence-electron chi connectivity index (χ3n) is 2.69. The Labute approximate surface area is 116 Å². The Hall–Kier alpha value is -2.44. The van der Waals surface area contributed by atoms with Gasteiger partial charge in [0.2, 0.25) is 5.91 Å². The maximum absolute atomic E-state index is 11.9. The number of nitrogens with one attached hydrogen (secondary N) is 1. The zero-order valence-electron chi connectivity index (χ0n) is 11.5. The van der Waals surface area contributed by atoms with Crippen LogP contribution in [-0.2, 0) is 20.7 Å². The highest BCUT2D eigenvalue weighted by atomic mass is 16.6. The Morgan fingerprint density at radius 1 is 1.35 bits per heavy atom. The zero-order valence-corrected chi connectivity index (χ0v) is 11.5. The van der Waals surface area contributed by atoms with E-state index in [-0.39, 0.29) is 17.7 Å². The van der Waals surface area contributed by atoms with Crippen LogP contribution in [0.3, 0.4) is 0 Å². The van der Waals surface area contributed by atoms with Gasteiger partial charge in [0.05, 0.1) is 18.5 Å². The van der Waals surface area contributed by atoms with Gasteiger partial charge in [-0.25, -0.2) is 4.79 Å². The van der Waals surface area contributed by atoms with Crippen molar-refractivity contribution in [3.05, 3.63) is 39.9 Å². The quantitative estimate of drug-likeness (QED) is 0.496. The van der Waals surface area contributed by atoms with E-state index in [0.717, 1.165) is 0 Å². The number of amides is 1. The minimum atomic E-state index is -1.19. The highest BCUT2D eigenvalue weighted by molar-refractivity contribution is 5.88. The molecule has 0 fully saturated rings. The second-order valence-corrected chi connectivity index (χ2v) is 4.73. The van der Waals surface area contributed by atoms with Gasteiger partial charge in [-0.3, -0.25) is 14.9 Å². The van der Waals surface area contributed by atoms with Gasteiger partial charge in [0.1, 0.15) is 5.54 Å². The Kier molecular flexibility index (Phi) is 4.79. The third kappa shape index (κ3) is 3.78. The molecular formula is C13H16N2O5. The summed E-state index contributed by atoms with van der Waals surface area (Å²) >= 11 is 0. The standard InChI is InChI=1S/C13H16N2O5/c1-13(2,12(17)20-3)14-11(16)8-9-6-4-5-7-10(9)15(18)19/h4-7H,8H2,1-3H3,(H,14,16). The highest BCUT2D eigenvalue weighted by Gasteiger charge is 2.30. The molecule has 0 spiro atoms. The Morgan fingerprint density at radius 3 is 2.50 bits per heavy atom. The van der Waals surface area contributed by atoms with E-state index in [9.17, 15) is 19.7 Å². The van der Waals surface area contributed by atoms with E-state index in [1.165, 1.54) is 39.2 Å². The van der Waals surface area contributed by atoms with E-state index in [4.69, 9.17) is 0 Å². The number of carbonyl (C=O) groups is 2. The predicted molar refractivity (Wildman–Crippen MR) is 71.0 cm³/mol. The van der Waals surface area contributed by atoms with Gasteiger partial charge < -0.3 is 10.1 Å². The van der Waals surface area contributed by atoms with Gasteiger partial charge in [0, 0.05) is 11.6 Å². The molecule has 0 heterocycles. The maximum atomic E-state index is 11.9. The number of ether oxygens (including phenoxy) is 1. The second-order valence-electron chi connectivity index (χ2n) is 4.73. The lowest BCUT2D eigenvalue weighted by atomic mass is 10.0. The van der Waals surface area contributed by atoms with Crippen molar-refractivity contribution in [2.75, 3.05) is 7.11 Å². The van der Waals surface area contributed by atoms with Gasteiger partial charge in [0.25, 0.3) is 5.69 Å². The Bertz CT molecular complexity index is 539. The molecule has 0 saturated heterocycles. The Balaban J connectivity index is 2.82. The molecule has 7 nitrogen and oxygen atoms in total. The highest BCUT2D eigenvalue weighted by Crippen LogP contribution is 2.18. The topological polar surface area (TPSA) is 98.5 Å². The minimum Gasteiger partial charge on any atom is -0.467 e. The van der Waals surface area contributed by atoms with E-state index in [1.54, 1.807) is 6.07 Å². The summed E-state index contributed by atoms with van der Waals surface area (Å²) in [5.41, 5.74) is -1.02. The van der Waals surface area contributed by atoms with Gasteiger partial charge in [-0.15, -0.1) is 0 Å². The summed E-state index contributed by atoms with van der Waals surface area (Å²) in [6.07, 6.45) is -0.183. The first kappa shape index (κ1) is 15.6. The lowest BCUT2D eigenvalue weighted by Gasteiger charge is -2.23. The number of methoxy groups -OCH3 is 1. The van der Waals surface area contributed by atoms with Crippen LogP contribution in [0.5, 0.6) is 0 Å². The number of nitro benzene ring substituents is 1. The molecule has 20 heavy (non-hydrogen) atoms. The van der Waals surface area contributed by atoms with Crippen LogP contribution in [0.1, 0.15) is 19.4 Å². The van der Waals surface area contributed by atoms with Crippen LogP contribution in [0.2, 0.25) is 0 Å². The van der Waals surface area contributed by atoms with Crippen LogP contribution < -0.4 is 5.32 Å². The van der Waals surface area contributed by atoms with Gasteiger partial charge in [0.15, 0.2) is 0 Å². The largest absolute Gasteiger partial charge is 0.467 e. The third-order valence-corrected chi connectivity index (χ3v) is 2.69. The fourth-order valence-electron chi connectivity index (χ4n) is 1.71. The number of nitro groups is 1. The summed E-state index contributed by atoms with van der Waals surface area (Å²) < 4.78 is 4.57. The van der Waals surface area contributed by atoms with Crippen molar-refractivity contribution in [2.24, 2.45) is 0 Å². The maximum Gasteiger partial charge on any atom is 0.330 e. The van der Waals surface area contributed by atoms with Crippen molar-refractivity contribution in [3.8, 4) is 0 Å². The van der Waals surface area contributed by atoms with Crippen LogP contribution in [0.15, 0.2) is 24.3 Å². The van der Waals surface area contributed by atoms with Crippen molar-refractivity contribution in [1.82, 2.24) is 5.32 Å². The number of carbonyl (C=O) groups excluding carboxylic acids is 2. The molecule has 0 unspecified atom stereocenters. The fraction of sp³-hybridized carbons (Fsp3) is 0.385. The number of hydrogen-bond acceptors (Lipinski definition) is 5. The number of esters is 1. The SMILES string of the molecule is COC(=O)C(C)(C)NC(=O)Cc1ccccc1[N+](=O)[O-]. The van der Waals surface area contributed by atoms with Gasteiger partial charge >= 0.3 is 5.97 Å². The summed E-state index contributed by atoms with van der Waals surface area (Å²) in [4.78, 5) is 33.6. The van der Waals surface area contributed by atoms with Crippen LogP contribution >= 0.6 is 0 Å². The first-order valence-corrected chi connectivity index (χ1v) is 5.89. The van der Waals surface area contributed by atoms with Gasteiger partial charge in [-0.2, -0.15) is 0 Å². The number of hydrogen-bond donors (Lipinski definition) is 1. The molecule has 0 saturated carbocycles. The molecule has 0 bridgehead atoms. The number of para-hydroxylation sites is 1. The number of benzene rings is 1. The van der Waals surface area contributed by atoms with E-state index >= 15 is 0 Å². The molecule has 0 radical (unpaired) electrons. The lowest BCUT2D eigenvalue weighted by Crippen LogP contribution is -2.50. The van der Waals surface area contributed by atoms with Crippen LogP contribution in [0.4, 0.5) is 5.69 Å². The van der Waals surface area contributed by atoms with Gasteiger partial charge in [-0.1, -0.05) is 18.2 Å². The van der Waals surface area contributed by atoms with Crippen LogP contribution in [0.25, 0.3) is 0 Å². The summed E-state index contributed by atoms with van der Waals surface area (Å²) in [6, 6.07) is 5.97. The number of rotatable bonds is 5. The minimum absolute atomic E-state index is 0.126. The molecule has 0 atom stereocenters. The van der Waals surface area contributed by atoms with Crippen molar-refractivity contribution in [2.45, 2.75) is 25.8 Å². The second kappa shape index (κ2) is 6.14. The van der Waals surface area contributed by atoms with Gasteiger partial charge in [-0.05, 0) is 13.8 Å². The average molecular weight is 280 g/mol. The van der Waals surface area contributed by atoms with E-state index < -0.39 is 22.3 Å². The van der Waals surface area contributed by atoms with Crippen molar-refractivity contribution >= 4 is 17.6 Å². The molecule has 1 aromatic rings. The monoisotopic (exact) mass is 280 g/mol. The van der Waals surface area contributed by atoms with E-state index in [0.29, 0.717) is 0 Å². The smallest absolute Gasteiger partial charge is 0.330 e. The predicted octanol–water partition coefficient (Wildman–Crippen LogP) is 1.21. The normalized spacial score (nSPS) is 10.8. The molecule has 0 aliphatic heterocycles. The average Bonchev–Trinajstić information content (AvgIpc) is 2.37. The first-order chi connectivity index (χ1) is 9.27. The molecule has 1 aromatic carbocycles. The molecule has 0 aromatic heterocycles. The molecule has 1 rings (SSSR count). The molecular weight excluding hydrogens is 264 g/mol. The van der Waals surface area contributed by atoms with Crippen LogP contribution in [0, 0.1) is 10.1 Å². The summed E-state index contributed by atoms with van der Waals surface area (Å²) in [6.45, 7) is 2.99. The molecule has 1 N–H and O–H groups in total. The summed E-state index contributed by atoms with van der Waals surface area (Å²) in [5.74, 6) is -1.08.